The van der Waals surface area contributed by atoms with E-state index in [-0.39, 0.29) is 0 Å². The largest absolute Gasteiger partial charge is 0.230 e. The molecule has 0 unspecified atom stereocenters. The normalized spacial score (nSPS) is 11.1. The maximum absolute atomic E-state index is 10.5. The van der Waals surface area contributed by atoms with Crippen LogP contribution in [0.25, 0.3) is 84.1 Å². The van der Waals surface area contributed by atoms with Crippen LogP contribution in [0.15, 0.2) is 170 Å². The van der Waals surface area contributed by atoms with Crippen LogP contribution in [0.3, 0.4) is 0 Å². The maximum Gasteiger partial charge on any atom is 0.164 e. The first kappa shape index (κ1) is 29.9. The summed E-state index contributed by atoms with van der Waals surface area (Å²) in [6.07, 6.45) is 0. The molecule has 0 amide bonds. The molecule has 0 bridgehead atoms. The van der Waals surface area contributed by atoms with Crippen molar-refractivity contribution < 1.29 is 0 Å². The lowest BCUT2D eigenvalue weighted by Crippen LogP contribution is -2.00. The average Bonchev–Trinajstić information content (AvgIpc) is 3.62. The molecule has 51 heavy (non-hydrogen) atoms. The summed E-state index contributed by atoms with van der Waals surface area (Å²) in [5.41, 5.74) is 9.76. The molecule has 0 radical (unpaired) electrons. The Hall–Kier alpha value is -7.23. The summed E-state index contributed by atoms with van der Waals surface area (Å²) < 4.78 is 1.93. The van der Waals surface area contributed by atoms with Crippen molar-refractivity contribution in [1.29, 1.82) is 5.26 Å². The Labute approximate surface area is 294 Å². The summed E-state index contributed by atoms with van der Waals surface area (Å²) in [6, 6.07) is 59.5. The number of fused-ring (bicyclic) bond motifs is 3. The first-order chi connectivity index (χ1) is 25.2. The summed E-state index contributed by atoms with van der Waals surface area (Å²) in [4.78, 5) is 14.6. The number of nitrogens with zero attached hydrogens (tertiary/aromatic N) is 6. The van der Waals surface area contributed by atoms with Gasteiger partial charge in [0.25, 0.3) is 0 Å². The van der Waals surface area contributed by atoms with E-state index in [9.17, 15) is 5.26 Å². The maximum atomic E-state index is 10.5. The van der Waals surface area contributed by atoms with E-state index < -0.39 is 0 Å². The zero-order valence-electron chi connectivity index (χ0n) is 27.3. The van der Waals surface area contributed by atoms with E-state index in [1.165, 1.54) is 0 Å². The van der Waals surface area contributed by atoms with Gasteiger partial charge in [0.05, 0.1) is 11.2 Å². The number of aromatic nitrogens is 5. The lowest BCUT2D eigenvalue weighted by atomic mass is 9.97. The molecule has 9 aromatic rings. The molecule has 0 N–H and O–H groups in total. The number of hydrogen-bond acceptors (Lipinski definition) is 5. The highest BCUT2D eigenvalue weighted by Gasteiger charge is 2.20. The van der Waals surface area contributed by atoms with Gasteiger partial charge in [0, 0.05) is 33.2 Å². The summed E-state index contributed by atoms with van der Waals surface area (Å²) in [5.74, 6) is 1.87. The Balaban J connectivity index is 1.16. The SMILES string of the molecule is N#Cc1c(-c2ccccc2)nn2c(-c3ccccc3)cc3cc(-c4ccc(-c5nc(-c6ccccc6)nc(-c6ccccc6)n5)cc4)ccc3c12. The molecule has 0 fully saturated rings. The van der Waals surface area contributed by atoms with E-state index in [4.69, 9.17) is 20.1 Å². The highest BCUT2D eigenvalue weighted by molar-refractivity contribution is 6.04. The minimum atomic E-state index is 0.558. The summed E-state index contributed by atoms with van der Waals surface area (Å²) in [6.45, 7) is 0. The van der Waals surface area contributed by atoms with Gasteiger partial charge in [-0.1, -0.05) is 158 Å². The van der Waals surface area contributed by atoms with Crippen LogP contribution in [-0.2, 0) is 0 Å². The minimum absolute atomic E-state index is 0.558. The predicted octanol–water partition coefficient (Wildman–Crippen LogP) is 10.5. The molecule has 238 valence electrons. The number of pyridine rings is 1. The zero-order valence-corrected chi connectivity index (χ0v) is 27.3. The Morgan fingerprint density at radius 1 is 0.431 bits per heavy atom. The van der Waals surface area contributed by atoms with Crippen molar-refractivity contribution in [1.82, 2.24) is 24.6 Å². The summed E-state index contributed by atoms with van der Waals surface area (Å²) in [5, 5.41) is 17.5. The molecular weight excluding hydrogens is 625 g/mol. The van der Waals surface area contributed by atoms with E-state index in [1.807, 2.05) is 114 Å². The van der Waals surface area contributed by atoms with Crippen molar-refractivity contribution in [3.05, 3.63) is 175 Å². The summed E-state index contributed by atoms with van der Waals surface area (Å²) in [7, 11) is 0. The Morgan fingerprint density at radius 2 is 0.882 bits per heavy atom. The van der Waals surface area contributed by atoms with Crippen molar-refractivity contribution in [3.63, 3.8) is 0 Å². The van der Waals surface area contributed by atoms with Crippen LogP contribution in [0.4, 0.5) is 0 Å². The average molecular weight is 653 g/mol. The van der Waals surface area contributed by atoms with Gasteiger partial charge in [-0.15, -0.1) is 0 Å². The van der Waals surface area contributed by atoms with Gasteiger partial charge < -0.3 is 0 Å². The van der Waals surface area contributed by atoms with Gasteiger partial charge in [-0.05, 0) is 28.6 Å². The molecule has 0 saturated heterocycles. The standard InChI is InChI=1S/C45H28N6/c46-29-39-41(32-15-7-2-8-16-32)50-51-40(31-13-5-1-6-14-31)28-37-27-36(25-26-38(37)42(39)51)30-21-23-35(24-22-30)45-48-43(33-17-9-3-10-18-33)47-44(49-45)34-19-11-4-12-20-34/h1-28H. The Morgan fingerprint density at radius 3 is 1.41 bits per heavy atom. The van der Waals surface area contributed by atoms with E-state index in [2.05, 4.69) is 66.7 Å². The molecule has 0 saturated carbocycles. The predicted molar refractivity (Wildman–Crippen MR) is 203 cm³/mol. The topological polar surface area (TPSA) is 79.8 Å². The van der Waals surface area contributed by atoms with Crippen LogP contribution < -0.4 is 0 Å². The van der Waals surface area contributed by atoms with E-state index in [0.29, 0.717) is 28.7 Å². The smallest absolute Gasteiger partial charge is 0.164 e. The molecular formula is C45H28N6. The number of benzene rings is 6. The Kier molecular flexibility index (Phi) is 7.42. The van der Waals surface area contributed by atoms with Gasteiger partial charge in [-0.25, -0.2) is 19.5 Å². The molecule has 0 aliphatic heterocycles. The molecule has 6 aromatic carbocycles. The van der Waals surface area contributed by atoms with Gasteiger partial charge in [-0.3, -0.25) is 0 Å². The fourth-order valence-corrected chi connectivity index (χ4v) is 6.59. The third-order valence-electron chi connectivity index (χ3n) is 9.12. The number of nitriles is 1. The molecule has 3 heterocycles. The van der Waals surface area contributed by atoms with Gasteiger partial charge in [0.15, 0.2) is 17.5 Å². The van der Waals surface area contributed by atoms with Gasteiger partial charge in [0.2, 0.25) is 0 Å². The Bertz CT molecular complexity index is 2660. The number of hydrogen-bond donors (Lipinski definition) is 0. The zero-order chi connectivity index (χ0) is 34.1. The minimum Gasteiger partial charge on any atom is -0.230 e. The molecule has 0 aliphatic carbocycles. The van der Waals surface area contributed by atoms with Crippen LogP contribution in [0.5, 0.6) is 0 Å². The fraction of sp³-hybridized carbons (Fsp3) is 0. The molecule has 6 nitrogen and oxygen atoms in total. The third-order valence-corrected chi connectivity index (χ3v) is 9.12. The van der Waals surface area contributed by atoms with Crippen molar-refractivity contribution in [2.45, 2.75) is 0 Å². The molecule has 6 heteroatoms. The second-order valence-electron chi connectivity index (χ2n) is 12.3. The van der Waals surface area contributed by atoms with Gasteiger partial charge >= 0.3 is 0 Å². The lowest BCUT2D eigenvalue weighted by Gasteiger charge is -2.11. The molecule has 9 rings (SSSR count). The third kappa shape index (κ3) is 5.49. The van der Waals surface area contributed by atoms with Gasteiger partial charge in [-0.2, -0.15) is 10.4 Å². The highest BCUT2D eigenvalue weighted by Crippen LogP contribution is 2.37. The molecule has 0 aliphatic rings. The van der Waals surface area contributed by atoms with E-state index in [1.54, 1.807) is 0 Å². The van der Waals surface area contributed by atoms with Crippen molar-refractivity contribution in [2.24, 2.45) is 0 Å². The second-order valence-corrected chi connectivity index (χ2v) is 12.3. The van der Waals surface area contributed by atoms with Crippen molar-refractivity contribution in [3.8, 4) is 73.9 Å². The molecule has 3 aromatic heterocycles. The summed E-state index contributed by atoms with van der Waals surface area (Å²) >= 11 is 0. The molecule has 0 spiro atoms. The fourth-order valence-electron chi connectivity index (χ4n) is 6.59. The van der Waals surface area contributed by atoms with E-state index in [0.717, 1.165) is 60.9 Å². The van der Waals surface area contributed by atoms with Crippen LogP contribution in [0, 0.1) is 11.3 Å². The monoisotopic (exact) mass is 652 g/mol. The lowest BCUT2D eigenvalue weighted by molar-refractivity contribution is 0.979. The van der Waals surface area contributed by atoms with Crippen LogP contribution in [0.1, 0.15) is 5.56 Å². The van der Waals surface area contributed by atoms with Crippen LogP contribution >= 0.6 is 0 Å². The second kappa shape index (κ2) is 12.7. The first-order valence-corrected chi connectivity index (χ1v) is 16.7. The first-order valence-electron chi connectivity index (χ1n) is 16.7. The highest BCUT2D eigenvalue weighted by atomic mass is 15.2. The van der Waals surface area contributed by atoms with Gasteiger partial charge in [0.1, 0.15) is 17.3 Å². The van der Waals surface area contributed by atoms with Crippen molar-refractivity contribution >= 4 is 16.3 Å². The van der Waals surface area contributed by atoms with Crippen LogP contribution in [-0.4, -0.2) is 24.6 Å². The number of rotatable bonds is 6. The van der Waals surface area contributed by atoms with E-state index >= 15 is 0 Å². The van der Waals surface area contributed by atoms with Crippen LogP contribution in [0.2, 0.25) is 0 Å². The quantitative estimate of drug-likeness (QED) is 0.179. The molecule has 0 atom stereocenters. The van der Waals surface area contributed by atoms with Crippen molar-refractivity contribution in [2.75, 3.05) is 0 Å².